The first-order valence-corrected chi connectivity index (χ1v) is 9.11. The van der Waals surface area contributed by atoms with Crippen molar-refractivity contribution < 1.29 is 0 Å². The minimum Gasteiger partial charge on any atom is -0.370 e. The van der Waals surface area contributed by atoms with E-state index in [1.807, 2.05) is 0 Å². The first-order valence-electron chi connectivity index (χ1n) is 8.30. The Morgan fingerprint density at radius 2 is 1.86 bits per heavy atom. The Morgan fingerprint density at radius 3 is 2.57 bits per heavy atom. The predicted octanol–water partition coefficient (Wildman–Crippen LogP) is 5.26. The van der Waals surface area contributed by atoms with Crippen LogP contribution in [0.25, 0.3) is 10.2 Å². The lowest BCUT2D eigenvalue weighted by Crippen LogP contribution is -2.09. The number of rotatable bonds is 3. The molecule has 2 heterocycles. The van der Waals surface area contributed by atoms with E-state index >= 15 is 0 Å². The van der Waals surface area contributed by atoms with E-state index < -0.39 is 0 Å². The number of nitrogens with one attached hydrogen (secondary N) is 1. The fraction of sp³-hybridized carbons (Fsp3) is 0.647. The Hall–Kier alpha value is -1.16. The molecular formula is C17H25N3S. The van der Waals surface area contributed by atoms with Gasteiger partial charge in [0.1, 0.15) is 16.5 Å². The van der Waals surface area contributed by atoms with Gasteiger partial charge in [-0.2, -0.15) is 0 Å². The van der Waals surface area contributed by atoms with Gasteiger partial charge in [0.2, 0.25) is 0 Å². The summed E-state index contributed by atoms with van der Waals surface area (Å²) < 4.78 is 0. The van der Waals surface area contributed by atoms with Crippen LogP contribution in [-0.2, 0) is 0 Å². The standard InChI is InChI=1S/C17H25N3S/c1-3-18-16-14-11-12(2)21-17(14)20-15(19-16)13-9-7-5-4-6-8-10-13/h11,13H,3-10H2,1-2H3,(H,18,19,20). The van der Waals surface area contributed by atoms with E-state index in [9.17, 15) is 0 Å². The molecule has 0 unspecified atom stereocenters. The van der Waals surface area contributed by atoms with Crippen LogP contribution >= 0.6 is 11.3 Å². The number of hydrogen-bond donors (Lipinski definition) is 1. The quantitative estimate of drug-likeness (QED) is 0.840. The van der Waals surface area contributed by atoms with Crippen LogP contribution in [0.2, 0.25) is 0 Å². The smallest absolute Gasteiger partial charge is 0.138 e. The number of aromatic nitrogens is 2. The number of aryl methyl sites for hydroxylation is 1. The lowest BCUT2D eigenvalue weighted by Gasteiger charge is -2.19. The van der Waals surface area contributed by atoms with Gasteiger partial charge in [-0.3, -0.25) is 0 Å². The van der Waals surface area contributed by atoms with Crippen molar-refractivity contribution in [1.82, 2.24) is 9.97 Å². The van der Waals surface area contributed by atoms with Gasteiger partial charge in [0.25, 0.3) is 0 Å². The summed E-state index contributed by atoms with van der Waals surface area (Å²) >= 11 is 1.79. The van der Waals surface area contributed by atoms with Gasteiger partial charge in [-0.15, -0.1) is 11.3 Å². The lowest BCUT2D eigenvalue weighted by molar-refractivity contribution is 0.443. The van der Waals surface area contributed by atoms with Gasteiger partial charge < -0.3 is 5.32 Å². The molecule has 114 valence electrons. The van der Waals surface area contributed by atoms with Crippen molar-refractivity contribution in [3.8, 4) is 0 Å². The fourth-order valence-electron chi connectivity index (χ4n) is 3.26. The summed E-state index contributed by atoms with van der Waals surface area (Å²) in [6.45, 7) is 5.19. The second-order valence-electron chi connectivity index (χ2n) is 6.08. The third kappa shape index (κ3) is 3.37. The minimum atomic E-state index is 0.550. The Balaban J connectivity index is 1.96. The van der Waals surface area contributed by atoms with Crippen LogP contribution in [0.5, 0.6) is 0 Å². The van der Waals surface area contributed by atoms with E-state index in [4.69, 9.17) is 9.97 Å². The molecule has 3 rings (SSSR count). The summed E-state index contributed by atoms with van der Waals surface area (Å²) in [6, 6.07) is 2.21. The van der Waals surface area contributed by atoms with Crippen LogP contribution in [0.3, 0.4) is 0 Å². The molecule has 4 heteroatoms. The molecule has 0 amide bonds. The summed E-state index contributed by atoms with van der Waals surface area (Å²) in [5, 5.41) is 4.62. The first-order chi connectivity index (χ1) is 10.3. The summed E-state index contributed by atoms with van der Waals surface area (Å²) in [7, 11) is 0. The van der Waals surface area contributed by atoms with Gasteiger partial charge in [0.15, 0.2) is 0 Å². The molecule has 0 radical (unpaired) electrons. The van der Waals surface area contributed by atoms with Gasteiger partial charge in [0, 0.05) is 17.3 Å². The second kappa shape index (κ2) is 6.73. The molecule has 2 aromatic heterocycles. The Kier molecular flexibility index (Phi) is 4.73. The van der Waals surface area contributed by atoms with Gasteiger partial charge in [-0.25, -0.2) is 9.97 Å². The highest BCUT2D eigenvalue weighted by atomic mass is 32.1. The molecule has 1 fully saturated rings. The summed E-state index contributed by atoms with van der Waals surface area (Å²) in [5.41, 5.74) is 0. The van der Waals surface area contributed by atoms with Crippen molar-refractivity contribution in [3.05, 3.63) is 16.8 Å². The highest BCUT2D eigenvalue weighted by Crippen LogP contribution is 2.34. The third-order valence-electron chi connectivity index (χ3n) is 4.35. The number of hydrogen-bond acceptors (Lipinski definition) is 4. The van der Waals surface area contributed by atoms with E-state index in [0.29, 0.717) is 5.92 Å². The monoisotopic (exact) mass is 303 g/mol. The van der Waals surface area contributed by atoms with Crippen LogP contribution < -0.4 is 5.32 Å². The van der Waals surface area contributed by atoms with Crippen LogP contribution in [-0.4, -0.2) is 16.5 Å². The van der Waals surface area contributed by atoms with Crippen LogP contribution in [0.15, 0.2) is 6.07 Å². The van der Waals surface area contributed by atoms with Gasteiger partial charge in [0.05, 0.1) is 5.39 Å². The van der Waals surface area contributed by atoms with E-state index in [-0.39, 0.29) is 0 Å². The van der Waals surface area contributed by atoms with E-state index in [1.54, 1.807) is 11.3 Å². The molecule has 21 heavy (non-hydrogen) atoms. The van der Waals surface area contributed by atoms with E-state index in [1.165, 1.54) is 55.2 Å². The average Bonchev–Trinajstić information content (AvgIpc) is 2.79. The molecule has 2 aromatic rings. The molecule has 0 saturated heterocycles. The molecule has 1 N–H and O–H groups in total. The zero-order valence-corrected chi connectivity index (χ0v) is 13.9. The van der Waals surface area contributed by atoms with Crippen LogP contribution in [0.4, 0.5) is 5.82 Å². The third-order valence-corrected chi connectivity index (χ3v) is 5.29. The van der Waals surface area contributed by atoms with Crippen molar-refractivity contribution in [2.24, 2.45) is 0 Å². The van der Waals surface area contributed by atoms with Gasteiger partial charge in [-0.1, -0.05) is 32.1 Å². The molecule has 0 atom stereocenters. The maximum Gasteiger partial charge on any atom is 0.138 e. The average molecular weight is 303 g/mol. The number of nitrogens with zero attached hydrogens (tertiary/aromatic N) is 2. The van der Waals surface area contributed by atoms with Gasteiger partial charge in [-0.05, 0) is 32.8 Å². The fourth-order valence-corrected chi connectivity index (χ4v) is 4.14. The molecule has 3 nitrogen and oxygen atoms in total. The molecular weight excluding hydrogens is 278 g/mol. The SMILES string of the molecule is CCNc1nc(C2CCCCCCC2)nc2sc(C)cc12. The van der Waals surface area contributed by atoms with Crippen molar-refractivity contribution in [3.63, 3.8) is 0 Å². The highest BCUT2D eigenvalue weighted by molar-refractivity contribution is 7.18. The van der Waals surface area contributed by atoms with Crippen molar-refractivity contribution in [2.75, 3.05) is 11.9 Å². The highest BCUT2D eigenvalue weighted by Gasteiger charge is 2.19. The minimum absolute atomic E-state index is 0.550. The molecule has 1 saturated carbocycles. The topological polar surface area (TPSA) is 37.8 Å². The molecule has 1 aliphatic rings. The zero-order valence-electron chi connectivity index (χ0n) is 13.1. The first kappa shape index (κ1) is 14.8. The van der Waals surface area contributed by atoms with Crippen LogP contribution in [0.1, 0.15) is 68.5 Å². The van der Waals surface area contributed by atoms with Crippen molar-refractivity contribution >= 4 is 27.4 Å². The van der Waals surface area contributed by atoms with Crippen molar-refractivity contribution in [2.45, 2.75) is 64.7 Å². The van der Waals surface area contributed by atoms with Crippen LogP contribution in [0, 0.1) is 6.92 Å². The molecule has 0 aromatic carbocycles. The zero-order chi connectivity index (χ0) is 14.7. The normalized spacial score (nSPS) is 17.6. The Bertz CT molecular complexity index is 597. The van der Waals surface area contributed by atoms with E-state index in [2.05, 4.69) is 25.2 Å². The Morgan fingerprint density at radius 1 is 1.14 bits per heavy atom. The predicted molar refractivity (Wildman–Crippen MR) is 91.4 cm³/mol. The summed E-state index contributed by atoms with van der Waals surface area (Å²) in [5.74, 6) is 2.65. The molecule has 0 bridgehead atoms. The largest absolute Gasteiger partial charge is 0.370 e. The Labute approximate surface area is 131 Å². The lowest BCUT2D eigenvalue weighted by atomic mass is 9.90. The van der Waals surface area contributed by atoms with Crippen molar-refractivity contribution in [1.29, 1.82) is 0 Å². The van der Waals surface area contributed by atoms with E-state index in [0.717, 1.165) is 23.0 Å². The number of thiophene rings is 1. The molecule has 1 aliphatic carbocycles. The number of fused-ring (bicyclic) bond motifs is 1. The van der Waals surface area contributed by atoms with Gasteiger partial charge >= 0.3 is 0 Å². The molecule has 0 aliphatic heterocycles. The molecule has 0 spiro atoms. The second-order valence-corrected chi connectivity index (χ2v) is 7.31. The maximum atomic E-state index is 4.90. The summed E-state index contributed by atoms with van der Waals surface area (Å²) in [6.07, 6.45) is 9.30. The summed E-state index contributed by atoms with van der Waals surface area (Å²) in [4.78, 5) is 12.2. The maximum absolute atomic E-state index is 4.90. The number of anilines is 1.